The van der Waals surface area contributed by atoms with E-state index in [0.29, 0.717) is 6.42 Å². The lowest BCUT2D eigenvalue weighted by Crippen LogP contribution is -2.49. The summed E-state index contributed by atoms with van der Waals surface area (Å²) in [6.45, 7) is 2.01. The largest absolute Gasteiger partial charge is 0.469 e. The van der Waals surface area contributed by atoms with Gasteiger partial charge in [0.25, 0.3) is 0 Å². The number of fused-ring (bicyclic) bond motifs is 1. The minimum absolute atomic E-state index is 0.0602. The Kier molecular flexibility index (Phi) is 4.37. The molecule has 3 heteroatoms. The van der Waals surface area contributed by atoms with Gasteiger partial charge >= 0.3 is 5.97 Å². The van der Waals surface area contributed by atoms with Gasteiger partial charge in [0.05, 0.1) is 12.5 Å². The van der Waals surface area contributed by atoms with Gasteiger partial charge in [0.2, 0.25) is 0 Å². The second-order valence-electron chi connectivity index (χ2n) is 6.46. The number of anilines is 1. The summed E-state index contributed by atoms with van der Waals surface area (Å²) in [7, 11) is 1.47. The van der Waals surface area contributed by atoms with E-state index >= 15 is 0 Å². The van der Waals surface area contributed by atoms with Crippen LogP contribution in [0.4, 0.5) is 5.69 Å². The Morgan fingerprint density at radius 1 is 1.17 bits per heavy atom. The molecule has 0 saturated carbocycles. The normalized spacial score (nSPS) is 22.8. The van der Waals surface area contributed by atoms with Gasteiger partial charge in [0.1, 0.15) is 0 Å². The molecule has 2 atom stereocenters. The molecular weight excluding hydrogens is 286 g/mol. The minimum atomic E-state index is -0.544. The summed E-state index contributed by atoms with van der Waals surface area (Å²) >= 11 is 0. The van der Waals surface area contributed by atoms with Crippen LogP contribution in [0, 0.1) is 5.41 Å². The average Bonchev–Trinajstić information content (AvgIpc) is 2.60. The molecular formula is C20H23NO2. The van der Waals surface area contributed by atoms with Crippen LogP contribution < -0.4 is 5.32 Å². The van der Waals surface area contributed by atoms with E-state index in [0.717, 1.165) is 18.5 Å². The first kappa shape index (κ1) is 15.6. The number of carbonyl (C=O) groups excluding carboxylic acids is 1. The molecule has 1 aliphatic rings. The molecule has 0 fully saturated rings. The number of esters is 1. The van der Waals surface area contributed by atoms with Crippen molar-refractivity contribution < 1.29 is 9.53 Å². The first-order chi connectivity index (χ1) is 11.1. The Morgan fingerprint density at radius 2 is 1.87 bits per heavy atom. The Balaban J connectivity index is 1.84. The lowest BCUT2D eigenvalue weighted by atomic mass is 9.72. The first-order valence-corrected chi connectivity index (χ1v) is 8.10. The SMILES string of the molecule is COC(=O)[C@]1(C)Cc2ccccc2N[C@H]1CCc1ccccc1. The fraction of sp³-hybridized carbons (Fsp3) is 0.350. The molecule has 0 radical (unpaired) electrons. The number of hydrogen-bond acceptors (Lipinski definition) is 3. The van der Waals surface area contributed by atoms with Gasteiger partial charge in [-0.1, -0.05) is 48.5 Å². The van der Waals surface area contributed by atoms with Crippen LogP contribution in [0.2, 0.25) is 0 Å². The number of ether oxygens (including phenoxy) is 1. The topological polar surface area (TPSA) is 38.3 Å². The van der Waals surface area contributed by atoms with Crippen molar-refractivity contribution in [1.82, 2.24) is 0 Å². The number of carbonyl (C=O) groups is 1. The van der Waals surface area contributed by atoms with Gasteiger partial charge in [0.15, 0.2) is 0 Å². The molecule has 1 aliphatic heterocycles. The standard InChI is InChI=1S/C20H23NO2/c1-20(19(22)23-2)14-16-10-6-7-11-17(16)21-18(20)13-12-15-8-4-3-5-9-15/h3-11,18,21H,12-14H2,1-2H3/t18-,20+/m0/s1. The average molecular weight is 309 g/mol. The number of aryl methyl sites for hydroxylation is 1. The van der Waals surface area contributed by atoms with E-state index in [2.05, 4.69) is 41.7 Å². The number of hydrogen-bond donors (Lipinski definition) is 1. The van der Waals surface area contributed by atoms with Gasteiger partial charge in [-0.05, 0) is 43.4 Å². The summed E-state index contributed by atoms with van der Waals surface area (Å²) in [5.41, 5.74) is 3.06. The van der Waals surface area contributed by atoms with Gasteiger partial charge in [-0.3, -0.25) is 4.79 Å². The summed E-state index contributed by atoms with van der Waals surface area (Å²) in [4.78, 5) is 12.5. The van der Waals surface area contributed by atoms with E-state index in [9.17, 15) is 4.79 Å². The Bertz CT molecular complexity index is 683. The zero-order valence-electron chi connectivity index (χ0n) is 13.7. The van der Waals surface area contributed by atoms with E-state index in [4.69, 9.17) is 4.74 Å². The molecule has 0 aliphatic carbocycles. The molecule has 0 bridgehead atoms. The van der Waals surface area contributed by atoms with Crippen molar-refractivity contribution >= 4 is 11.7 Å². The van der Waals surface area contributed by atoms with Crippen molar-refractivity contribution in [2.45, 2.75) is 32.2 Å². The predicted molar refractivity (Wildman–Crippen MR) is 92.4 cm³/mol. The van der Waals surface area contributed by atoms with Crippen LogP contribution in [0.25, 0.3) is 0 Å². The molecule has 23 heavy (non-hydrogen) atoms. The van der Waals surface area contributed by atoms with Gasteiger partial charge in [0, 0.05) is 11.7 Å². The molecule has 3 rings (SSSR count). The highest BCUT2D eigenvalue weighted by molar-refractivity contribution is 5.80. The third kappa shape index (κ3) is 3.09. The number of para-hydroxylation sites is 1. The summed E-state index contributed by atoms with van der Waals surface area (Å²) in [5, 5.41) is 3.57. The van der Waals surface area contributed by atoms with E-state index in [1.807, 2.05) is 25.1 Å². The Hall–Kier alpha value is -2.29. The van der Waals surface area contributed by atoms with Crippen LogP contribution >= 0.6 is 0 Å². The van der Waals surface area contributed by atoms with Crippen molar-refractivity contribution in [1.29, 1.82) is 0 Å². The molecule has 2 aromatic carbocycles. The van der Waals surface area contributed by atoms with Crippen LogP contribution in [0.15, 0.2) is 54.6 Å². The van der Waals surface area contributed by atoms with Crippen molar-refractivity contribution in [3.63, 3.8) is 0 Å². The highest BCUT2D eigenvalue weighted by atomic mass is 16.5. The summed E-state index contributed by atoms with van der Waals surface area (Å²) < 4.78 is 5.11. The highest BCUT2D eigenvalue weighted by Crippen LogP contribution is 2.39. The fourth-order valence-electron chi connectivity index (χ4n) is 3.48. The summed E-state index contributed by atoms with van der Waals surface area (Å²) in [5.74, 6) is -0.141. The van der Waals surface area contributed by atoms with Gasteiger partial charge in [-0.25, -0.2) is 0 Å². The quantitative estimate of drug-likeness (QED) is 0.872. The van der Waals surface area contributed by atoms with Crippen molar-refractivity contribution in [3.8, 4) is 0 Å². The molecule has 120 valence electrons. The Morgan fingerprint density at radius 3 is 2.61 bits per heavy atom. The van der Waals surface area contributed by atoms with E-state index in [1.54, 1.807) is 0 Å². The maximum absolute atomic E-state index is 12.5. The predicted octanol–water partition coefficient (Wildman–Crippen LogP) is 3.84. The zero-order valence-corrected chi connectivity index (χ0v) is 13.7. The molecule has 0 aromatic heterocycles. The van der Waals surface area contributed by atoms with Crippen LogP contribution in [-0.4, -0.2) is 19.1 Å². The monoisotopic (exact) mass is 309 g/mol. The third-order valence-electron chi connectivity index (χ3n) is 4.89. The molecule has 1 heterocycles. The fourth-order valence-corrected chi connectivity index (χ4v) is 3.48. The number of rotatable bonds is 4. The molecule has 3 nitrogen and oxygen atoms in total. The van der Waals surface area contributed by atoms with Gasteiger partial charge < -0.3 is 10.1 Å². The number of methoxy groups -OCH3 is 1. The first-order valence-electron chi connectivity index (χ1n) is 8.10. The highest BCUT2D eigenvalue weighted by Gasteiger charge is 2.45. The van der Waals surface area contributed by atoms with Crippen molar-refractivity contribution in [2.24, 2.45) is 5.41 Å². The molecule has 0 unspecified atom stereocenters. The number of nitrogens with one attached hydrogen (secondary N) is 1. The zero-order chi connectivity index (χ0) is 16.3. The van der Waals surface area contributed by atoms with Crippen molar-refractivity contribution in [2.75, 3.05) is 12.4 Å². The number of benzene rings is 2. The second-order valence-corrected chi connectivity index (χ2v) is 6.46. The van der Waals surface area contributed by atoms with Crippen LogP contribution in [0.3, 0.4) is 0 Å². The summed E-state index contributed by atoms with van der Waals surface area (Å²) in [6.07, 6.45) is 2.54. The smallest absolute Gasteiger partial charge is 0.313 e. The van der Waals surface area contributed by atoms with Crippen molar-refractivity contribution in [3.05, 3.63) is 65.7 Å². The van der Waals surface area contributed by atoms with Crippen LogP contribution in [0.1, 0.15) is 24.5 Å². The van der Waals surface area contributed by atoms with E-state index < -0.39 is 5.41 Å². The molecule has 0 amide bonds. The molecule has 0 spiro atoms. The van der Waals surface area contributed by atoms with E-state index in [1.165, 1.54) is 18.2 Å². The molecule has 1 N–H and O–H groups in total. The third-order valence-corrected chi connectivity index (χ3v) is 4.89. The van der Waals surface area contributed by atoms with E-state index in [-0.39, 0.29) is 12.0 Å². The Labute approximate surface area is 137 Å². The lowest BCUT2D eigenvalue weighted by Gasteiger charge is -2.41. The maximum atomic E-state index is 12.5. The maximum Gasteiger partial charge on any atom is 0.313 e. The lowest BCUT2D eigenvalue weighted by molar-refractivity contribution is -0.153. The second kappa shape index (κ2) is 6.45. The van der Waals surface area contributed by atoms with Crippen LogP contribution in [0.5, 0.6) is 0 Å². The molecule has 0 saturated heterocycles. The van der Waals surface area contributed by atoms with Gasteiger partial charge in [-0.15, -0.1) is 0 Å². The van der Waals surface area contributed by atoms with Crippen LogP contribution in [-0.2, 0) is 22.4 Å². The van der Waals surface area contributed by atoms with Gasteiger partial charge in [-0.2, -0.15) is 0 Å². The molecule has 2 aromatic rings. The summed E-state index contributed by atoms with van der Waals surface area (Å²) in [6, 6.07) is 18.7. The minimum Gasteiger partial charge on any atom is -0.469 e.